The minimum Gasteiger partial charge on any atom is -0.492 e. The van der Waals surface area contributed by atoms with Crippen molar-refractivity contribution in [3.8, 4) is 5.75 Å². The van der Waals surface area contributed by atoms with Crippen LogP contribution in [0.15, 0.2) is 58.8 Å². The molecule has 0 atom stereocenters. The van der Waals surface area contributed by atoms with E-state index in [9.17, 15) is 0 Å². The van der Waals surface area contributed by atoms with Crippen LogP contribution in [0.2, 0.25) is 0 Å². The summed E-state index contributed by atoms with van der Waals surface area (Å²) >= 11 is 3.48. The first-order valence-corrected chi connectivity index (χ1v) is 14.5. The van der Waals surface area contributed by atoms with Crippen LogP contribution in [0, 0.1) is 0 Å². The highest BCUT2D eigenvalue weighted by Crippen LogP contribution is 2.37. The molecular weight excluding hydrogens is 500 g/mol. The molecule has 0 spiro atoms. The van der Waals surface area contributed by atoms with Crippen LogP contribution >= 0.6 is 23.1 Å². The summed E-state index contributed by atoms with van der Waals surface area (Å²) in [6.45, 7) is 11.2. The molecule has 3 heterocycles. The first kappa shape index (κ1) is 25.6. The summed E-state index contributed by atoms with van der Waals surface area (Å²) in [4.78, 5) is 15.7. The van der Waals surface area contributed by atoms with Gasteiger partial charge in [-0.15, -0.1) is 23.1 Å². The van der Waals surface area contributed by atoms with Gasteiger partial charge in [-0.2, -0.15) is 4.98 Å². The quantitative estimate of drug-likeness (QED) is 0.227. The third kappa shape index (κ3) is 6.11. The van der Waals surface area contributed by atoms with E-state index >= 15 is 0 Å². The number of para-hydroxylation sites is 1. The molecule has 5 rings (SSSR count). The Labute approximate surface area is 227 Å². The lowest BCUT2D eigenvalue weighted by atomic mass is 10.2. The fourth-order valence-electron chi connectivity index (χ4n) is 4.33. The average molecular weight is 535 g/mol. The van der Waals surface area contributed by atoms with Gasteiger partial charge in [-0.3, -0.25) is 0 Å². The van der Waals surface area contributed by atoms with Crippen LogP contribution in [0.5, 0.6) is 5.75 Å². The van der Waals surface area contributed by atoms with Crippen LogP contribution < -0.4 is 20.3 Å². The number of fused-ring (bicyclic) bond motifs is 1. The van der Waals surface area contributed by atoms with E-state index in [0.29, 0.717) is 17.8 Å². The van der Waals surface area contributed by atoms with E-state index < -0.39 is 0 Å². The molecule has 2 aromatic heterocycles. The molecule has 1 aliphatic heterocycles. The topological polar surface area (TPSA) is 65.6 Å². The summed E-state index contributed by atoms with van der Waals surface area (Å²) in [5, 5.41) is 9.56. The zero-order valence-corrected chi connectivity index (χ0v) is 23.5. The van der Waals surface area contributed by atoms with E-state index in [1.807, 2.05) is 24.8 Å². The van der Waals surface area contributed by atoms with Gasteiger partial charge in [0.15, 0.2) is 5.82 Å². The smallest absolute Gasteiger partial charge is 0.229 e. The van der Waals surface area contributed by atoms with Crippen molar-refractivity contribution in [2.45, 2.75) is 30.9 Å². The number of nitrogens with zero attached hydrogens (tertiary/aromatic N) is 4. The SMILES string of the molecule is CCOc1cc(N2CCN(C)CC2)ccc1Nc1nc(Nc2ccccc2SC(C)C)c2sccc2n1. The van der Waals surface area contributed by atoms with Gasteiger partial charge < -0.3 is 25.2 Å². The van der Waals surface area contributed by atoms with Gasteiger partial charge in [-0.1, -0.05) is 26.0 Å². The predicted molar refractivity (Wildman–Crippen MR) is 159 cm³/mol. The molecule has 7 nitrogen and oxygen atoms in total. The summed E-state index contributed by atoms with van der Waals surface area (Å²) in [5.41, 5.74) is 3.99. The second kappa shape index (κ2) is 11.6. The van der Waals surface area contributed by atoms with E-state index in [1.165, 1.54) is 10.6 Å². The summed E-state index contributed by atoms with van der Waals surface area (Å²) in [7, 11) is 2.17. The Morgan fingerprint density at radius 3 is 2.59 bits per heavy atom. The van der Waals surface area contributed by atoms with Gasteiger partial charge >= 0.3 is 0 Å². The first-order valence-electron chi connectivity index (χ1n) is 12.8. The van der Waals surface area contributed by atoms with Crippen LogP contribution in [0.1, 0.15) is 20.8 Å². The molecule has 0 bridgehead atoms. The van der Waals surface area contributed by atoms with E-state index in [1.54, 1.807) is 11.3 Å². The van der Waals surface area contributed by atoms with Crippen molar-refractivity contribution in [3.63, 3.8) is 0 Å². The number of piperazine rings is 1. The van der Waals surface area contributed by atoms with Gasteiger partial charge in [-0.25, -0.2) is 4.98 Å². The highest BCUT2D eigenvalue weighted by molar-refractivity contribution is 8.00. The van der Waals surface area contributed by atoms with Crippen LogP contribution in [0.3, 0.4) is 0 Å². The zero-order chi connectivity index (χ0) is 25.8. The fourth-order valence-corrected chi connectivity index (χ4v) is 6.02. The number of hydrogen-bond donors (Lipinski definition) is 2. The molecule has 0 amide bonds. The number of nitrogens with one attached hydrogen (secondary N) is 2. The first-order chi connectivity index (χ1) is 18.0. The monoisotopic (exact) mass is 534 g/mol. The maximum Gasteiger partial charge on any atom is 0.229 e. The fraction of sp³-hybridized carbons (Fsp3) is 0.357. The molecule has 2 N–H and O–H groups in total. The molecule has 194 valence electrons. The molecule has 37 heavy (non-hydrogen) atoms. The van der Waals surface area contributed by atoms with Crippen molar-refractivity contribution in [1.82, 2.24) is 14.9 Å². The molecule has 9 heteroatoms. The van der Waals surface area contributed by atoms with Gasteiger partial charge in [0.05, 0.1) is 28.2 Å². The number of rotatable bonds is 9. The Bertz CT molecular complexity index is 1350. The summed E-state index contributed by atoms with van der Waals surface area (Å²) in [6, 6.07) is 16.8. The van der Waals surface area contributed by atoms with E-state index in [-0.39, 0.29) is 0 Å². The van der Waals surface area contributed by atoms with Gasteiger partial charge in [0.2, 0.25) is 5.95 Å². The summed E-state index contributed by atoms with van der Waals surface area (Å²) < 4.78 is 7.07. The van der Waals surface area contributed by atoms with E-state index in [4.69, 9.17) is 14.7 Å². The summed E-state index contributed by atoms with van der Waals surface area (Å²) in [5.74, 6) is 2.14. The summed E-state index contributed by atoms with van der Waals surface area (Å²) in [6.07, 6.45) is 0. The van der Waals surface area contributed by atoms with Gasteiger partial charge in [-0.05, 0) is 49.7 Å². The lowest BCUT2D eigenvalue weighted by Crippen LogP contribution is -2.44. The van der Waals surface area contributed by atoms with Crippen molar-refractivity contribution in [2.24, 2.45) is 0 Å². The Hall–Kier alpha value is -3.01. The number of hydrogen-bond acceptors (Lipinski definition) is 9. The second-order valence-corrected chi connectivity index (χ2v) is 11.9. The van der Waals surface area contributed by atoms with Crippen molar-refractivity contribution in [1.29, 1.82) is 0 Å². The Morgan fingerprint density at radius 1 is 1.00 bits per heavy atom. The second-order valence-electron chi connectivity index (χ2n) is 9.35. The number of aromatic nitrogens is 2. The van der Waals surface area contributed by atoms with Crippen molar-refractivity contribution in [3.05, 3.63) is 53.9 Å². The van der Waals surface area contributed by atoms with Crippen LogP contribution in [0.4, 0.5) is 28.8 Å². The van der Waals surface area contributed by atoms with E-state index in [0.717, 1.165) is 59.3 Å². The van der Waals surface area contributed by atoms with Crippen molar-refractivity contribution < 1.29 is 4.74 Å². The molecule has 0 unspecified atom stereocenters. The van der Waals surface area contributed by atoms with Gasteiger partial charge in [0, 0.05) is 48.1 Å². The highest BCUT2D eigenvalue weighted by atomic mass is 32.2. The number of anilines is 5. The number of benzene rings is 2. The molecular formula is C28H34N6OS2. The van der Waals surface area contributed by atoms with Crippen molar-refractivity contribution >= 4 is 62.1 Å². The highest BCUT2D eigenvalue weighted by Gasteiger charge is 2.18. The number of thiophene rings is 1. The molecule has 0 saturated carbocycles. The molecule has 1 saturated heterocycles. The maximum atomic E-state index is 6.04. The third-order valence-corrected chi connectivity index (χ3v) is 8.18. The molecule has 0 radical (unpaired) electrons. The minimum atomic E-state index is 0.484. The number of thioether (sulfide) groups is 1. The van der Waals surface area contributed by atoms with E-state index in [2.05, 4.69) is 89.2 Å². The van der Waals surface area contributed by atoms with Crippen molar-refractivity contribution in [2.75, 3.05) is 55.4 Å². The van der Waals surface area contributed by atoms with Crippen LogP contribution in [-0.2, 0) is 0 Å². The molecule has 4 aromatic rings. The largest absolute Gasteiger partial charge is 0.492 e. The van der Waals surface area contributed by atoms with Crippen LogP contribution in [0.25, 0.3) is 10.2 Å². The molecule has 1 fully saturated rings. The molecule has 0 aliphatic carbocycles. The molecule has 2 aromatic carbocycles. The number of likely N-dealkylation sites (N-methyl/N-ethyl adjacent to an activating group) is 1. The maximum absolute atomic E-state index is 6.04. The lowest BCUT2D eigenvalue weighted by molar-refractivity contribution is 0.312. The Kier molecular flexibility index (Phi) is 8.02. The standard InChI is InChI=1S/C28H34N6OS2/c1-5-35-24-18-20(34-15-13-33(4)14-16-34)10-11-21(24)30-28-31-23-12-17-36-26(23)27(32-28)29-22-8-6-7-9-25(22)37-19(2)3/h6-12,17-19H,5,13-16H2,1-4H3,(H2,29,30,31,32). The Morgan fingerprint density at radius 2 is 1.81 bits per heavy atom. The normalized spacial score (nSPS) is 14.4. The minimum absolute atomic E-state index is 0.484. The Balaban J connectivity index is 1.44. The zero-order valence-electron chi connectivity index (χ0n) is 21.8. The van der Waals surface area contributed by atoms with Gasteiger partial charge in [0.25, 0.3) is 0 Å². The van der Waals surface area contributed by atoms with Gasteiger partial charge in [0.1, 0.15) is 5.75 Å². The van der Waals surface area contributed by atoms with Crippen LogP contribution in [-0.4, -0.2) is 60.0 Å². The third-order valence-electron chi connectivity index (χ3n) is 6.19. The predicted octanol–water partition coefficient (Wildman–Crippen LogP) is 6.83. The number of ether oxygens (including phenoxy) is 1. The lowest BCUT2D eigenvalue weighted by Gasteiger charge is -2.34. The molecule has 1 aliphatic rings. The average Bonchev–Trinajstić information content (AvgIpc) is 3.36.